The Morgan fingerprint density at radius 1 is 1.24 bits per heavy atom. The van der Waals surface area contributed by atoms with Crippen LogP contribution in [0.15, 0.2) is 43.0 Å². The first-order valence-corrected chi connectivity index (χ1v) is 6.96. The zero-order valence-corrected chi connectivity index (χ0v) is 11.4. The number of aromatic amines is 1. The molecule has 0 spiro atoms. The molecule has 4 rings (SSSR count). The second-order valence-electron chi connectivity index (χ2n) is 5.03. The monoisotopic (exact) mass is 281 g/mol. The number of nitrogens with one attached hydrogen (secondary N) is 1. The van der Waals surface area contributed by atoms with E-state index in [1.54, 1.807) is 24.8 Å². The summed E-state index contributed by atoms with van der Waals surface area (Å²) in [4.78, 5) is 18.3. The van der Waals surface area contributed by atoms with Crippen molar-refractivity contribution < 1.29 is 4.74 Å². The first-order chi connectivity index (χ1) is 10.4. The van der Waals surface area contributed by atoms with Crippen LogP contribution in [0.1, 0.15) is 11.8 Å². The number of nitrogens with zero attached hydrogens (tertiary/aromatic N) is 4. The third-order valence-electron chi connectivity index (χ3n) is 3.70. The average molecular weight is 281 g/mol. The van der Waals surface area contributed by atoms with Gasteiger partial charge in [0, 0.05) is 36.2 Å². The lowest BCUT2D eigenvalue weighted by Gasteiger charge is -2.33. The van der Waals surface area contributed by atoms with E-state index in [2.05, 4.69) is 30.9 Å². The highest BCUT2D eigenvalue weighted by atomic mass is 16.5. The fraction of sp³-hybridized carbons (Fsp3) is 0.267. The Morgan fingerprint density at radius 3 is 3.10 bits per heavy atom. The Bertz CT molecular complexity index is 709. The number of hydrogen-bond donors (Lipinski definition) is 1. The van der Waals surface area contributed by atoms with Crippen LogP contribution in [-0.4, -0.2) is 39.6 Å². The number of H-pyrrole nitrogens is 1. The number of pyridine rings is 1. The molecule has 6 heteroatoms. The van der Waals surface area contributed by atoms with Gasteiger partial charge >= 0.3 is 0 Å². The molecule has 1 atom stereocenters. The predicted molar refractivity (Wildman–Crippen MR) is 79.0 cm³/mol. The van der Waals surface area contributed by atoms with E-state index >= 15 is 0 Å². The molecule has 3 aromatic heterocycles. The molecule has 0 bridgehead atoms. The van der Waals surface area contributed by atoms with Crippen LogP contribution in [0.2, 0.25) is 0 Å². The van der Waals surface area contributed by atoms with E-state index < -0.39 is 0 Å². The van der Waals surface area contributed by atoms with E-state index in [-0.39, 0.29) is 6.10 Å². The van der Waals surface area contributed by atoms with Gasteiger partial charge in [0.25, 0.3) is 0 Å². The SMILES string of the molecule is c1cnc2[nH]c([C@@H]3CN(c4cnccn4)CCO3)cc2c1. The van der Waals surface area contributed by atoms with Gasteiger partial charge in [-0.2, -0.15) is 0 Å². The predicted octanol–water partition coefficient (Wildman–Crippen LogP) is 1.93. The van der Waals surface area contributed by atoms with Crippen LogP contribution in [-0.2, 0) is 4.74 Å². The lowest BCUT2D eigenvalue weighted by Crippen LogP contribution is -2.39. The number of ether oxygens (including phenoxy) is 1. The first kappa shape index (κ1) is 12.3. The van der Waals surface area contributed by atoms with Crippen LogP contribution < -0.4 is 4.90 Å². The van der Waals surface area contributed by atoms with Crippen molar-refractivity contribution in [2.24, 2.45) is 0 Å². The zero-order chi connectivity index (χ0) is 14.1. The molecule has 3 aromatic rings. The summed E-state index contributed by atoms with van der Waals surface area (Å²) in [6, 6.07) is 6.09. The van der Waals surface area contributed by atoms with Crippen LogP contribution in [0.3, 0.4) is 0 Å². The summed E-state index contributed by atoms with van der Waals surface area (Å²) >= 11 is 0. The van der Waals surface area contributed by atoms with Gasteiger partial charge in [0.15, 0.2) is 0 Å². The Balaban J connectivity index is 1.60. The Kier molecular flexibility index (Phi) is 3.01. The van der Waals surface area contributed by atoms with E-state index in [1.165, 1.54) is 0 Å². The number of morpholine rings is 1. The Labute approximate surface area is 121 Å². The van der Waals surface area contributed by atoms with E-state index in [9.17, 15) is 0 Å². The van der Waals surface area contributed by atoms with E-state index in [0.29, 0.717) is 6.61 Å². The fourth-order valence-corrected chi connectivity index (χ4v) is 2.65. The van der Waals surface area contributed by atoms with Gasteiger partial charge in [0.2, 0.25) is 0 Å². The van der Waals surface area contributed by atoms with Crippen molar-refractivity contribution in [3.63, 3.8) is 0 Å². The summed E-state index contributed by atoms with van der Waals surface area (Å²) in [5, 5.41) is 1.10. The summed E-state index contributed by atoms with van der Waals surface area (Å²) in [6.45, 7) is 2.25. The first-order valence-electron chi connectivity index (χ1n) is 6.96. The van der Waals surface area contributed by atoms with Crippen LogP contribution >= 0.6 is 0 Å². The summed E-state index contributed by atoms with van der Waals surface area (Å²) in [7, 11) is 0. The normalized spacial score (nSPS) is 19.0. The molecular weight excluding hydrogens is 266 g/mol. The van der Waals surface area contributed by atoms with Gasteiger partial charge in [-0.05, 0) is 18.2 Å². The van der Waals surface area contributed by atoms with Crippen molar-refractivity contribution in [3.8, 4) is 0 Å². The highest BCUT2D eigenvalue weighted by Gasteiger charge is 2.24. The summed E-state index contributed by atoms with van der Waals surface area (Å²) < 4.78 is 5.90. The molecule has 0 saturated carbocycles. The summed E-state index contributed by atoms with van der Waals surface area (Å²) in [6.07, 6.45) is 6.97. The van der Waals surface area contributed by atoms with Gasteiger partial charge in [-0.15, -0.1) is 0 Å². The third kappa shape index (κ3) is 2.34. The molecule has 1 fully saturated rings. The van der Waals surface area contributed by atoms with Crippen molar-refractivity contribution in [2.45, 2.75) is 6.10 Å². The molecule has 4 heterocycles. The van der Waals surface area contributed by atoms with Gasteiger partial charge < -0.3 is 14.6 Å². The molecule has 1 aliphatic heterocycles. The van der Waals surface area contributed by atoms with Crippen molar-refractivity contribution in [1.82, 2.24) is 19.9 Å². The fourth-order valence-electron chi connectivity index (χ4n) is 2.65. The van der Waals surface area contributed by atoms with Crippen molar-refractivity contribution in [2.75, 3.05) is 24.6 Å². The van der Waals surface area contributed by atoms with E-state index in [4.69, 9.17) is 4.74 Å². The van der Waals surface area contributed by atoms with Crippen LogP contribution in [0.5, 0.6) is 0 Å². The quantitative estimate of drug-likeness (QED) is 0.777. The molecular formula is C15H15N5O. The topological polar surface area (TPSA) is 66.9 Å². The number of hydrogen-bond acceptors (Lipinski definition) is 5. The smallest absolute Gasteiger partial charge is 0.147 e. The second-order valence-corrected chi connectivity index (χ2v) is 5.03. The van der Waals surface area contributed by atoms with Crippen LogP contribution in [0, 0.1) is 0 Å². The largest absolute Gasteiger partial charge is 0.368 e. The molecule has 1 N–H and O–H groups in total. The molecule has 0 amide bonds. The minimum atomic E-state index is -0.00467. The minimum Gasteiger partial charge on any atom is -0.368 e. The van der Waals surface area contributed by atoms with Gasteiger partial charge in [0.05, 0.1) is 19.3 Å². The Hall–Kier alpha value is -2.47. The lowest BCUT2D eigenvalue weighted by molar-refractivity contribution is 0.0372. The Morgan fingerprint density at radius 2 is 2.24 bits per heavy atom. The maximum absolute atomic E-state index is 5.90. The zero-order valence-electron chi connectivity index (χ0n) is 11.4. The highest BCUT2D eigenvalue weighted by Crippen LogP contribution is 2.26. The molecule has 21 heavy (non-hydrogen) atoms. The third-order valence-corrected chi connectivity index (χ3v) is 3.70. The molecule has 0 aromatic carbocycles. The number of anilines is 1. The van der Waals surface area contributed by atoms with Crippen molar-refractivity contribution >= 4 is 16.9 Å². The molecule has 0 aliphatic carbocycles. The molecule has 1 saturated heterocycles. The van der Waals surface area contributed by atoms with Gasteiger partial charge in [-0.3, -0.25) is 4.98 Å². The molecule has 0 radical (unpaired) electrons. The number of aromatic nitrogens is 4. The number of fused-ring (bicyclic) bond motifs is 1. The molecule has 0 unspecified atom stereocenters. The van der Waals surface area contributed by atoms with Gasteiger partial charge in [0.1, 0.15) is 17.6 Å². The van der Waals surface area contributed by atoms with Crippen LogP contribution in [0.4, 0.5) is 5.82 Å². The number of rotatable bonds is 2. The molecule has 6 nitrogen and oxygen atoms in total. The van der Waals surface area contributed by atoms with E-state index in [0.717, 1.165) is 35.6 Å². The lowest BCUT2D eigenvalue weighted by atomic mass is 10.2. The molecule has 1 aliphatic rings. The highest BCUT2D eigenvalue weighted by molar-refractivity contribution is 5.76. The standard InChI is InChI=1S/C15H15N5O/c1-2-11-8-12(19-15(11)18-3-1)13-10-20(6-7-21-13)14-9-16-4-5-17-14/h1-5,8-9,13H,6-7,10H2,(H,18,19)/t13-/m0/s1. The van der Waals surface area contributed by atoms with Crippen molar-refractivity contribution in [1.29, 1.82) is 0 Å². The van der Waals surface area contributed by atoms with E-state index in [1.807, 2.05) is 12.1 Å². The maximum Gasteiger partial charge on any atom is 0.147 e. The minimum absolute atomic E-state index is 0.00467. The maximum atomic E-state index is 5.90. The van der Waals surface area contributed by atoms with Gasteiger partial charge in [-0.1, -0.05) is 0 Å². The van der Waals surface area contributed by atoms with Crippen molar-refractivity contribution in [3.05, 3.63) is 48.7 Å². The average Bonchev–Trinajstić information content (AvgIpc) is 3.00. The summed E-state index contributed by atoms with van der Waals surface area (Å²) in [5.74, 6) is 0.889. The van der Waals surface area contributed by atoms with Crippen LogP contribution in [0.25, 0.3) is 11.0 Å². The van der Waals surface area contributed by atoms with Gasteiger partial charge in [-0.25, -0.2) is 9.97 Å². The second kappa shape index (κ2) is 5.14. The molecule has 106 valence electrons. The summed E-state index contributed by atoms with van der Waals surface area (Å²) in [5.41, 5.74) is 1.95.